The molecule has 1 atom stereocenters. The van der Waals surface area contributed by atoms with E-state index >= 15 is 0 Å². The van der Waals surface area contributed by atoms with Gasteiger partial charge in [0.05, 0.1) is 25.9 Å². The van der Waals surface area contributed by atoms with Crippen molar-refractivity contribution in [1.29, 1.82) is 0 Å². The highest BCUT2D eigenvalue weighted by atomic mass is 16.5. The number of ether oxygens (including phenoxy) is 4. The van der Waals surface area contributed by atoms with E-state index in [-0.39, 0.29) is 6.04 Å². The maximum absolute atomic E-state index is 5.74. The first-order valence-corrected chi connectivity index (χ1v) is 10.7. The van der Waals surface area contributed by atoms with Crippen LogP contribution < -0.4 is 24.8 Å². The van der Waals surface area contributed by atoms with Crippen molar-refractivity contribution in [3.8, 4) is 17.2 Å². The van der Waals surface area contributed by atoms with Gasteiger partial charge in [-0.05, 0) is 56.2 Å². The van der Waals surface area contributed by atoms with Crippen molar-refractivity contribution in [3.63, 3.8) is 0 Å². The minimum Gasteiger partial charge on any atom is -0.491 e. The third kappa shape index (κ3) is 8.02. The number of nitrogens with one attached hydrogen (secondary N) is 2. The predicted octanol–water partition coefficient (Wildman–Crippen LogP) is 3.94. The molecule has 0 aliphatic rings. The molecule has 2 aromatic carbocycles. The van der Waals surface area contributed by atoms with Crippen molar-refractivity contribution in [3.05, 3.63) is 53.6 Å². The number of rotatable bonds is 12. The summed E-state index contributed by atoms with van der Waals surface area (Å²) in [5.41, 5.74) is 2.22. The molecule has 0 aliphatic carbocycles. The first kappa shape index (κ1) is 24.3. The Morgan fingerprint density at radius 3 is 2.29 bits per heavy atom. The van der Waals surface area contributed by atoms with Crippen molar-refractivity contribution in [2.24, 2.45) is 4.99 Å². The Hall–Kier alpha value is -2.93. The van der Waals surface area contributed by atoms with Crippen LogP contribution in [0.15, 0.2) is 47.5 Å². The van der Waals surface area contributed by atoms with Gasteiger partial charge in [0, 0.05) is 20.7 Å². The second-order valence-electron chi connectivity index (χ2n) is 6.85. The Morgan fingerprint density at radius 2 is 1.65 bits per heavy atom. The summed E-state index contributed by atoms with van der Waals surface area (Å²) in [6, 6.07) is 14.0. The number of methoxy groups -OCH3 is 1. The molecule has 0 radical (unpaired) electrons. The van der Waals surface area contributed by atoms with Crippen molar-refractivity contribution in [2.45, 2.75) is 33.4 Å². The van der Waals surface area contributed by atoms with Crippen LogP contribution in [0.3, 0.4) is 0 Å². The van der Waals surface area contributed by atoms with Crippen LogP contribution in [-0.2, 0) is 11.3 Å². The summed E-state index contributed by atoms with van der Waals surface area (Å²) in [7, 11) is 3.42. The normalized spacial score (nSPS) is 12.2. The molecule has 0 saturated heterocycles. The van der Waals surface area contributed by atoms with Crippen molar-refractivity contribution in [1.82, 2.24) is 10.6 Å². The van der Waals surface area contributed by atoms with E-state index in [0.29, 0.717) is 33.0 Å². The number of hydrogen-bond donors (Lipinski definition) is 2. The van der Waals surface area contributed by atoms with Gasteiger partial charge in [-0.25, -0.2) is 0 Å². The van der Waals surface area contributed by atoms with Crippen LogP contribution in [0, 0.1) is 0 Å². The standard InChI is InChI=1S/C24H35N3O4/c1-6-29-22-13-10-20(16-23(22)30-7-2)18(3)27-24(25-4)26-17-19-8-11-21(12-9-19)31-15-14-28-5/h8-13,16,18H,6-7,14-15,17H2,1-5H3,(H2,25,26,27). The predicted molar refractivity (Wildman–Crippen MR) is 124 cm³/mol. The zero-order valence-corrected chi connectivity index (χ0v) is 19.2. The zero-order chi connectivity index (χ0) is 22.5. The molecule has 31 heavy (non-hydrogen) atoms. The topological polar surface area (TPSA) is 73.3 Å². The molecule has 0 bridgehead atoms. The number of aliphatic imine (C=N–C) groups is 1. The van der Waals surface area contributed by atoms with Crippen LogP contribution in [0.2, 0.25) is 0 Å². The third-order valence-corrected chi connectivity index (χ3v) is 4.58. The number of hydrogen-bond acceptors (Lipinski definition) is 5. The first-order chi connectivity index (χ1) is 15.1. The minimum absolute atomic E-state index is 0.0395. The van der Waals surface area contributed by atoms with Gasteiger partial charge in [0.25, 0.3) is 0 Å². The molecule has 0 aliphatic heterocycles. The molecule has 0 amide bonds. The fourth-order valence-electron chi connectivity index (χ4n) is 2.95. The quantitative estimate of drug-likeness (QED) is 0.303. The maximum atomic E-state index is 5.74. The number of benzene rings is 2. The second-order valence-corrected chi connectivity index (χ2v) is 6.85. The lowest BCUT2D eigenvalue weighted by Crippen LogP contribution is -2.38. The molecule has 2 aromatic rings. The van der Waals surface area contributed by atoms with Crippen LogP contribution >= 0.6 is 0 Å². The van der Waals surface area contributed by atoms with Gasteiger partial charge in [-0.1, -0.05) is 18.2 Å². The highest BCUT2D eigenvalue weighted by Gasteiger charge is 2.12. The van der Waals surface area contributed by atoms with Crippen LogP contribution in [-0.4, -0.2) is 46.5 Å². The average Bonchev–Trinajstić information content (AvgIpc) is 2.79. The summed E-state index contributed by atoms with van der Waals surface area (Å²) in [6.45, 7) is 8.97. The SMILES string of the molecule is CCOc1ccc(C(C)NC(=NC)NCc2ccc(OCCOC)cc2)cc1OCC. The first-order valence-electron chi connectivity index (χ1n) is 10.7. The van der Waals surface area contributed by atoms with E-state index in [2.05, 4.69) is 22.5 Å². The molecule has 0 heterocycles. The lowest BCUT2D eigenvalue weighted by atomic mass is 10.1. The van der Waals surface area contributed by atoms with Gasteiger partial charge in [-0.2, -0.15) is 0 Å². The lowest BCUT2D eigenvalue weighted by molar-refractivity contribution is 0.146. The van der Waals surface area contributed by atoms with Crippen molar-refractivity contribution >= 4 is 5.96 Å². The molecular weight excluding hydrogens is 394 g/mol. The van der Waals surface area contributed by atoms with Crippen LogP contribution in [0.1, 0.15) is 37.9 Å². The fraction of sp³-hybridized carbons (Fsp3) is 0.458. The molecule has 0 fully saturated rings. The smallest absolute Gasteiger partial charge is 0.191 e. The number of guanidine groups is 1. The number of nitrogens with zero attached hydrogens (tertiary/aromatic N) is 1. The maximum Gasteiger partial charge on any atom is 0.191 e. The highest BCUT2D eigenvalue weighted by Crippen LogP contribution is 2.30. The molecule has 0 aromatic heterocycles. The monoisotopic (exact) mass is 429 g/mol. The molecule has 0 saturated carbocycles. The molecule has 7 heteroatoms. The second kappa shape index (κ2) is 13.4. The molecule has 7 nitrogen and oxygen atoms in total. The van der Waals surface area contributed by atoms with Crippen LogP contribution in [0.5, 0.6) is 17.2 Å². The summed E-state index contributed by atoms with van der Waals surface area (Å²) in [4.78, 5) is 4.34. The molecule has 2 N–H and O–H groups in total. The Bertz CT molecular complexity index is 809. The molecule has 170 valence electrons. The van der Waals surface area contributed by atoms with Gasteiger partial charge in [-0.15, -0.1) is 0 Å². The van der Waals surface area contributed by atoms with E-state index < -0.39 is 0 Å². The zero-order valence-electron chi connectivity index (χ0n) is 19.2. The van der Waals surface area contributed by atoms with Crippen LogP contribution in [0.25, 0.3) is 0 Å². The fourth-order valence-corrected chi connectivity index (χ4v) is 2.95. The molecule has 1 unspecified atom stereocenters. The van der Waals surface area contributed by atoms with E-state index in [9.17, 15) is 0 Å². The highest BCUT2D eigenvalue weighted by molar-refractivity contribution is 5.80. The summed E-state index contributed by atoms with van der Waals surface area (Å²) in [5, 5.41) is 6.78. The summed E-state index contributed by atoms with van der Waals surface area (Å²) in [5.74, 6) is 3.07. The summed E-state index contributed by atoms with van der Waals surface area (Å²) in [6.07, 6.45) is 0. The van der Waals surface area contributed by atoms with Gasteiger partial charge < -0.3 is 29.6 Å². The summed E-state index contributed by atoms with van der Waals surface area (Å²) < 4.78 is 22.0. The van der Waals surface area contributed by atoms with E-state index in [0.717, 1.165) is 34.3 Å². The van der Waals surface area contributed by atoms with E-state index in [4.69, 9.17) is 18.9 Å². The molecular formula is C24H35N3O4. The lowest BCUT2D eigenvalue weighted by Gasteiger charge is -2.20. The third-order valence-electron chi connectivity index (χ3n) is 4.58. The van der Waals surface area contributed by atoms with Crippen LogP contribution in [0.4, 0.5) is 0 Å². The van der Waals surface area contributed by atoms with E-state index in [1.54, 1.807) is 14.2 Å². The average molecular weight is 430 g/mol. The Kier molecular flexibility index (Phi) is 10.5. The summed E-state index contributed by atoms with van der Waals surface area (Å²) >= 11 is 0. The van der Waals surface area contributed by atoms with Gasteiger partial charge >= 0.3 is 0 Å². The van der Waals surface area contributed by atoms with Gasteiger partial charge in [0.15, 0.2) is 17.5 Å². The minimum atomic E-state index is 0.0395. The Morgan fingerprint density at radius 1 is 0.935 bits per heavy atom. The van der Waals surface area contributed by atoms with E-state index in [1.807, 2.05) is 56.3 Å². The van der Waals surface area contributed by atoms with Gasteiger partial charge in [0.1, 0.15) is 12.4 Å². The van der Waals surface area contributed by atoms with E-state index in [1.165, 1.54) is 0 Å². The van der Waals surface area contributed by atoms with Crippen molar-refractivity contribution < 1.29 is 18.9 Å². The molecule has 0 spiro atoms. The Labute approximate surface area is 185 Å². The van der Waals surface area contributed by atoms with Gasteiger partial charge in [0.2, 0.25) is 0 Å². The largest absolute Gasteiger partial charge is 0.491 e. The van der Waals surface area contributed by atoms with Crippen molar-refractivity contribution in [2.75, 3.05) is 40.6 Å². The van der Waals surface area contributed by atoms with Gasteiger partial charge in [-0.3, -0.25) is 4.99 Å². The Balaban J connectivity index is 1.93. The molecule has 2 rings (SSSR count).